The molecule has 1 aliphatic heterocycles. The topological polar surface area (TPSA) is 66.6 Å². The molecule has 0 spiro atoms. The summed E-state index contributed by atoms with van der Waals surface area (Å²) in [6.45, 7) is 0. The van der Waals surface area contributed by atoms with E-state index in [9.17, 15) is 4.79 Å². The van der Waals surface area contributed by atoms with Crippen molar-refractivity contribution in [2.45, 2.75) is 30.6 Å². The second-order valence-corrected chi connectivity index (χ2v) is 7.47. The lowest BCUT2D eigenvalue weighted by atomic mass is 9.98. The minimum absolute atomic E-state index is 0.0832. The molecule has 4 rings (SSSR count). The lowest BCUT2D eigenvalue weighted by Crippen LogP contribution is -2.10. The van der Waals surface area contributed by atoms with Gasteiger partial charge in [-0.1, -0.05) is 0 Å². The van der Waals surface area contributed by atoms with Gasteiger partial charge >= 0.3 is 0 Å². The third kappa shape index (κ3) is 3.57. The first-order valence-electron chi connectivity index (χ1n) is 8.67. The molecule has 0 radical (unpaired) electrons. The van der Waals surface area contributed by atoms with Crippen molar-refractivity contribution in [1.29, 1.82) is 0 Å². The highest BCUT2D eigenvalue weighted by Crippen LogP contribution is 2.36. The van der Waals surface area contributed by atoms with E-state index < -0.39 is 0 Å². The van der Waals surface area contributed by atoms with Gasteiger partial charge in [-0.2, -0.15) is 5.06 Å². The summed E-state index contributed by atoms with van der Waals surface area (Å²) in [5.74, 6) is -0.0832. The maximum atomic E-state index is 12.4. The van der Waals surface area contributed by atoms with Gasteiger partial charge in [0.1, 0.15) is 0 Å². The smallest absolute Gasteiger partial charge is 0.256 e. The van der Waals surface area contributed by atoms with E-state index in [2.05, 4.69) is 16.4 Å². The molecule has 2 aromatic rings. The molecule has 1 aromatic carbocycles. The van der Waals surface area contributed by atoms with Gasteiger partial charge in [0, 0.05) is 41.6 Å². The lowest BCUT2D eigenvalue weighted by molar-refractivity contribution is -0.340. The van der Waals surface area contributed by atoms with E-state index in [1.165, 1.54) is 29.2 Å². The number of H-pyrrole nitrogens is 1. The Morgan fingerprint density at radius 3 is 2.85 bits per heavy atom. The van der Waals surface area contributed by atoms with Gasteiger partial charge in [-0.15, -0.1) is 9.32 Å². The first kappa shape index (κ1) is 17.4. The number of rotatable bonds is 5. The van der Waals surface area contributed by atoms with Gasteiger partial charge in [-0.3, -0.25) is 4.79 Å². The number of aryl methyl sites for hydroxylation is 2. The number of hydrogen-bond acceptors (Lipinski definition) is 5. The molecule has 7 heteroatoms. The number of carbonyl (C=O) groups is 1. The first-order chi connectivity index (χ1) is 12.6. The Balaban J connectivity index is 1.60. The summed E-state index contributed by atoms with van der Waals surface area (Å²) in [5.41, 5.74) is 6.02. The molecule has 0 unspecified atom stereocenters. The van der Waals surface area contributed by atoms with E-state index in [1.807, 2.05) is 24.3 Å². The van der Waals surface area contributed by atoms with E-state index in [-0.39, 0.29) is 5.91 Å². The molecular weight excluding hydrogens is 350 g/mol. The number of carbonyl (C=O) groups excluding carboxylic acids is 1. The van der Waals surface area contributed by atoms with E-state index in [4.69, 9.17) is 9.32 Å². The van der Waals surface area contributed by atoms with Crippen LogP contribution in [0.3, 0.4) is 0 Å². The van der Waals surface area contributed by atoms with Crippen molar-refractivity contribution in [1.82, 2.24) is 10.0 Å². The number of aromatic nitrogens is 1. The summed E-state index contributed by atoms with van der Waals surface area (Å²) >= 11 is 1.11. The molecule has 0 saturated heterocycles. The third-order valence-electron chi connectivity index (χ3n) is 4.52. The maximum absolute atomic E-state index is 12.4. The van der Waals surface area contributed by atoms with E-state index in [1.54, 1.807) is 14.1 Å². The lowest BCUT2D eigenvalue weighted by Gasteiger charge is -2.08. The van der Waals surface area contributed by atoms with Crippen LogP contribution in [0.1, 0.15) is 35.4 Å². The zero-order valence-corrected chi connectivity index (χ0v) is 15.6. The third-order valence-corrected chi connectivity index (χ3v) is 5.09. The molecule has 1 amide bonds. The Labute approximate surface area is 156 Å². The fourth-order valence-electron chi connectivity index (χ4n) is 3.34. The fraction of sp³-hybridized carbons (Fsp3) is 0.316. The molecule has 26 heavy (non-hydrogen) atoms. The number of amides is 1. The molecule has 0 fully saturated rings. The number of hydroxylamine groups is 2. The number of benzene rings is 1. The van der Waals surface area contributed by atoms with Gasteiger partial charge in [-0.25, -0.2) is 0 Å². The summed E-state index contributed by atoms with van der Waals surface area (Å²) in [4.78, 5) is 21.7. The summed E-state index contributed by atoms with van der Waals surface area (Å²) < 4.78 is 5.09. The number of fused-ring (bicyclic) bond motifs is 2. The number of nitrogens with zero attached hydrogens (tertiary/aromatic N) is 1. The van der Waals surface area contributed by atoms with Crippen molar-refractivity contribution >= 4 is 35.3 Å². The van der Waals surface area contributed by atoms with Crippen molar-refractivity contribution in [3.63, 3.8) is 0 Å². The molecule has 136 valence electrons. The Bertz CT molecular complexity index is 849. The van der Waals surface area contributed by atoms with E-state index >= 15 is 0 Å². The average Bonchev–Trinajstić information content (AvgIpc) is 3.16. The Morgan fingerprint density at radius 1 is 1.19 bits per heavy atom. The fourth-order valence-corrected chi connectivity index (χ4v) is 3.86. The molecule has 0 bridgehead atoms. The van der Waals surface area contributed by atoms with Gasteiger partial charge in [0.25, 0.3) is 5.91 Å². The SMILES string of the molecule is CN(C)OOSc1ccc2c(c1)/C(=C/c1cc3c([nH]1)CCCC3)C(=O)N2. The van der Waals surface area contributed by atoms with Crippen molar-refractivity contribution in [3.8, 4) is 0 Å². The molecule has 1 aromatic heterocycles. The number of aromatic amines is 1. The molecular formula is C19H21N3O3S. The molecule has 1 aliphatic carbocycles. The van der Waals surface area contributed by atoms with Crippen molar-refractivity contribution < 1.29 is 14.1 Å². The number of nitrogens with one attached hydrogen (secondary N) is 2. The quantitative estimate of drug-likeness (QED) is 0.362. The summed E-state index contributed by atoms with van der Waals surface area (Å²) in [6, 6.07) is 7.87. The average molecular weight is 371 g/mol. The van der Waals surface area contributed by atoms with E-state index in [0.29, 0.717) is 5.57 Å². The monoisotopic (exact) mass is 371 g/mol. The van der Waals surface area contributed by atoms with Gasteiger partial charge in [0.15, 0.2) is 0 Å². The first-order valence-corrected chi connectivity index (χ1v) is 9.41. The predicted molar refractivity (Wildman–Crippen MR) is 102 cm³/mol. The van der Waals surface area contributed by atoms with Gasteiger partial charge in [0.2, 0.25) is 0 Å². The molecule has 2 N–H and O–H groups in total. The van der Waals surface area contributed by atoms with Crippen LogP contribution < -0.4 is 5.32 Å². The van der Waals surface area contributed by atoms with Crippen LogP contribution in [-0.4, -0.2) is 30.0 Å². The predicted octanol–water partition coefficient (Wildman–Crippen LogP) is 3.82. The van der Waals surface area contributed by atoms with Crippen LogP contribution in [0.25, 0.3) is 11.6 Å². The van der Waals surface area contributed by atoms with Crippen LogP contribution in [0.15, 0.2) is 29.2 Å². The molecule has 2 aliphatic rings. The summed E-state index contributed by atoms with van der Waals surface area (Å²) in [7, 11) is 3.48. The second-order valence-electron chi connectivity index (χ2n) is 6.69. The molecule has 0 atom stereocenters. The van der Waals surface area contributed by atoms with Crippen LogP contribution in [0.5, 0.6) is 0 Å². The second kappa shape index (κ2) is 7.28. The van der Waals surface area contributed by atoms with Crippen LogP contribution >= 0.6 is 12.0 Å². The minimum atomic E-state index is -0.0832. The largest absolute Gasteiger partial charge is 0.359 e. The van der Waals surface area contributed by atoms with Crippen molar-refractivity contribution in [2.75, 3.05) is 19.4 Å². The molecule has 6 nitrogen and oxygen atoms in total. The Morgan fingerprint density at radius 2 is 2.04 bits per heavy atom. The van der Waals surface area contributed by atoms with Crippen LogP contribution in [-0.2, 0) is 27.0 Å². The van der Waals surface area contributed by atoms with E-state index in [0.717, 1.165) is 46.7 Å². The number of anilines is 1. The minimum Gasteiger partial charge on any atom is -0.359 e. The molecule has 2 heterocycles. The Kier molecular flexibility index (Phi) is 4.86. The van der Waals surface area contributed by atoms with Gasteiger partial charge in [-0.05, 0) is 61.6 Å². The van der Waals surface area contributed by atoms with Crippen molar-refractivity contribution in [3.05, 3.63) is 46.8 Å². The van der Waals surface area contributed by atoms with Crippen LogP contribution in [0.2, 0.25) is 0 Å². The maximum Gasteiger partial charge on any atom is 0.256 e. The highest BCUT2D eigenvalue weighted by Gasteiger charge is 2.25. The van der Waals surface area contributed by atoms with Gasteiger partial charge in [0.05, 0.1) is 17.6 Å². The standard InChI is InChI=1S/C19H21N3O3S/c1-22(2)24-25-26-14-7-8-18-15(11-14)16(19(23)21-18)10-13-9-12-5-3-4-6-17(12)20-13/h7-11,20H,3-6H2,1-2H3,(H,21,23)/b16-10-. The summed E-state index contributed by atoms with van der Waals surface area (Å²) in [5, 5.41) is 4.38. The highest BCUT2D eigenvalue weighted by atomic mass is 32.2. The highest BCUT2D eigenvalue weighted by molar-refractivity contribution is 7.94. The normalized spacial score (nSPS) is 17.5. The number of hydrogen-bond donors (Lipinski definition) is 2. The van der Waals surface area contributed by atoms with Crippen LogP contribution in [0.4, 0.5) is 5.69 Å². The van der Waals surface area contributed by atoms with Crippen LogP contribution in [0, 0.1) is 0 Å². The zero-order chi connectivity index (χ0) is 18.1. The zero-order valence-electron chi connectivity index (χ0n) is 14.8. The molecule has 0 saturated carbocycles. The summed E-state index contributed by atoms with van der Waals surface area (Å²) in [6.07, 6.45) is 6.60. The van der Waals surface area contributed by atoms with Gasteiger partial charge < -0.3 is 10.3 Å². The van der Waals surface area contributed by atoms with Crippen molar-refractivity contribution in [2.24, 2.45) is 0 Å². The Hall–Kier alpha value is -2.06.